The zero-order chi connectivity index (χ0) is 20.6. The number of amides is 1. The van der Waals surface area contributed by atoms with Gasteiger partial charge in [-0.15, -0.1) is 0 Å². The smallest absolute Gasteiger partial charge is 0.312 e. The monoisotopic (exact) mass is 403 g/mol. The molecule has 0 spiro atoms. The molecular formula is C26H29NO3. The van der Waals surface area contributed by atoms with Crippen molar-refractivity contribution >= 4 is 11.9 Å². The topological polar surface area (TPSA) is 55.4 Å². The predicted molar refractivity (Wildman–Crippen MR) is 114 cm³/mol. The highest BCUT2D eigenvalue weighted by atomic mass is 16.5. The van der Waals surface area contributed by atoms with Crippen molar-refractivity contribution in [3.63, 3.8) is 0 Å². The molecule has 4 bridgehead atoms. The normalized spacial score (nSPS) is 29.0. The van der Waals surface area contributed by atoms with E-state index in [1.165, 1.54) is 19.3 Å². The van der Waals surface area contributed by atoms with E-state index in [1.807, 2.05) is 60.7 Å². The fourth-order valence-corrected chi connectivity index (χ4v) is 6.50. The molecule has 0 heterocycles. The van der Waals surface area contributed by atoms with Crippen LogP contribution in [0.5, 0.6) is 0 Å². The van der Waals surface area contributed by atoms with Crippen LogP contribution in [0.4, 0.5) is 0 Å². The number of benzene rings is 2. The molecule has 30 heavy (non-hydrogen) atoms. The lowest BCUT2D eigenvalue weighted by atomic mass is 9.49. The third kappa shape index (κ3) is 3.76. The van der Waals surface area contributed by atoms with Crippen molar-refractivity contribution in [2.45, 2.75) is 44.6 Å². The van der Waals surface area contributed by atoms with E-state index in [9.17, 15) is 9.59 Å². The van der Waals surface area contributed by atoms with Crippen molar-refractivity contribution in [1.82, 2.24) is 5.32 Å². The number of ether oxygens (including phenoxy) is 1. The first-order valence-corrected chi connectivity index (χ1v) is 11.2. The van der Waals surface area contributed by atoms with Crippen LogP contribution in [-0.2, 0) is 14.3 Å². The number of hydrogen-bond acceptors (Lipinski definition) is 3. The van der Waals surface area contributed by atoms with Gasteiger partial charge in [-0.25, -0.2) is 0 Å². The van der Waals surface area contributed by atoms with Crippen LogP contribution in [0, 0.1) is 23.2 Å². The van der Waals surface area contributed by atoms with Gasteiger partial charge in [0.2, 0.25) is 0 Å². The number of esters is 1. The average molecular weight is 404 g/mol. The van der Waals surface area contributed by atoms with Gasteiger partial charge >= 0.3 is 5.97 Å². The summed E-state index contributed by atoms with van der Waals surface area (Å²) in [5.41, 5.74) is 1.68. The Bertz CT molecular complexity index is 834. The van der Waals surface area contributed by atoms with E-state index in [0.29, 0.717) is 17.8 Å². The minimum atomic E-state index is -0.326. The Labute approximate surface area is 178 Å². The van der Waals surface area contributed by atoms with Crippen LogP contribution >= 0.6 is 0 Å². The van der Waals surface area contributed by atoms with Crippen LogP contribution in [-0.4, -0.2) is 18.5 Å². The second-order valence-electron chi connectivity index (χ2n) is 9.60. The van der Waals surface area contributed by atoms with Gasteiger partial charge in [0.15, 0.2) is 6.61 Å². The molecule has 4 heteroatoms. The van der Waals surface area contributed by atoms with Gasteiger partial charge in [0.25, 0.3) is 5.91 Å². The standard InChI is InChI=1S/C26H29NO3/c28-23(27-24(21-7-3-1-4-8-21)22-9-5-2-6-10-22)17-30-25(29)26-14-18-11-19(15-26)13-20(12-18)16-26/h1-10,18-20,24H,11-17H2,(H,27,28). The van der Waals surface area contributed by atoms with E-state index in [2.05, 4.69) is 5.32 Å². The molecule has 4 aliphatic rings. The summed E-state index contributed by atoms with van der Waals surface area (Å²) >= 11 is 0. The van der Waals surface area contributed by atoms with E-state index in [0.717, 1.165) is 30.4 Å². The van der Waals surface area contributed by atoms with E-state index < -0.39 is 0 Å². The minimum absolute atomic E-state index is 0.146. The van der Waals surface area contributed by atoms with Crippen LogP contribution in [0.1, 0.15) is 55.7 Å². The Kier molecular flexibility index (Phi) is 5.10. The lowest BCUT2D eigenvalue weighted by molar-refractivity contribution is -0.173. The summed E-state index contributed by atoms with van der Waals surface area (Å²) in [5.74, 6) is 1.63. The molecule has 4 nitrogen and oxygen atoms in total. The molecule has 156 valence electrons. The van der Waals surface area contributed by atoms with Crippen molar-refractivity contribution in [2.75, 3.05) is 6.61 Å². The molecule has 6 rings (SSSR count). The van der Waals surface area contributed by atoms with E-state index in [4.69, 9.17) is 4.74 Å². The van der Waals surface area contributed by atoms with Gasteiger partial charge in [0, 0.05) is 0 Å². The van der Waals surface area contributed by atoms with Gasteiger partial charge in [-0.3, -0.25) is 9.59 Å². The van der Waals surface area contributed by atoms with Crippen molar-refractivity contribution in [1.29, 1.82) is 0 Å². The fourth-order valence-electron chi connectivity index (χ4n) is 6.50. The molecule has 0 radical (unpaired) electrons. The van der Waals surface area contributed by atoms with Crippen LogP contribution in [0.3, 0.4) is 0 Å². The molecule has 0 unspecified atom stereocenters. The SMILES string of the molecule is O=C(COC(=O)C12CC3CC(CC(C3)C1)C2)NC(c1ccccc1)c1ccccc1. The van der Waals surface area contributed by atoms with Gasteiger partial charge in [-0.1, -0.05) is 60.7 Å². The van der Waals surface area contributed by atoms with E-state index in [1.54, 1.807) is 0 Å². The summed E-state index contributed by atoms with van der Waals surface area (Å²) in [4.78, 5) is 25.8. The molecule has 1 amide bonds. The third-order valence-electron chi connectivity index (χ3n) is 7.38. The Balaban J connectivity index is 1.24. The number of carbonyl (C=O) groups excluding carboxylic acids is 2. The van der Waals surface area contributed by atoms with Crippen molar-refractivity contribution < 1.29 is 14.3 Å². The largest absolute Gasteiger partial charge is 0.455 e. The molecule has 4 saturated carbocycles. The molecular weight excluding hydrogens is 374 g/mol. The van der Waals surface area contributed by atoms with E-state index in [-0.39, 0.29) is 29.9 Å². The van der Waals surface area contributed by atoms with Crippen LogP contribution in [0.15, 0.2) is 60.7 Å². The molecule has 4 aliphatic carbocycles. The Hall–Kier alpha value is -2.62. The zero-order valence-corrected chi connectivity index (χ0v) is 17.3. The predicted octanol–water partition coefficient (Wildman–Crippen LogP) is 4.65. The van der Waals surface area contributed by atoms with Gasteiger partial charge in [-0.2, -0.15) is 0 Å². The summed E-state index contributed by atoms with van der Waals surface area (Å²) in [6.45, 7) is -0.212. The van der Waals surface area contributed by atoms with Crippen molar-refractivity contribution in [3.05, 3.63) is 71.8 Å². The first-order chi connectivity index (χ1) is 14.6. The quantitative estimate of drug-likeness (QED) is 0.714. The molecule has 0 saturated heterocycles. The lowest BCUT2D eigenvalue weighted by Crippen LogP contribution is -2.51. The zero-order valence-electron chi connectivity index (χ0n) is 17.3. The number of hydrogen-bond donors (Lipinski definition) is 1. The maximum atomic E-state index is 13.0. The van der Waals surface area contributed by atoms with Crippen molar-refractivity contribution in [3.8, 4) is 0 Å². The lowest BCUT2D eigenvalue weighted by Gasteiger charge is -2.55. The maximum Gasteiger partial charge on any atom is 0.312 e. The molecule has 4 fully saturated rings. The van der Waals surface area contributed by atoms with Crippen LogP contribution in [0.25, 0.3) is 0 Å². The highest BCUT2D eigenvalue weighted by Gasteiger charge is 2.55. The van der Waals surface area contributed by atoms with Gasteiger partial charge in [0.1, 0.15) is 0 Å². The third-order valence-corrected chi connectivity index (χ3v) is 7.38. The molecule has 2 aromatic carbocycles. The minimum Gasteiger partial charge on any atom is -0.455 e. The Morgan fingerprint density at radius 3 is 1.77 bits per heavy atom. The summed E-state index contributed by atoms with van der Waals surface area (Å²) < 4.78 is 5.61. The number of rotatable bonds is 6. The second kappa shape index (κ2) is 7.90. The van der Waals surface area contributed by atoms with Gasteiger partial charge < -0.3 is 10.1 Å². The Morgan fingerprint density at radius 2 is 1.30 bits per heavy atom. The first kappa shape index (κ1) is 19.3. The van der Waals surface area contributed by atoms with Gasteiger partial charge in [-0.05, 0) is 67.4 Å². The highest BCUT2D eigenvalue weighted by Crippen LogP contribution is 2.60. The fraction of sp³-hybridized carbons (Fsp3) is 0.462. The molecule has 2 aromatic rings. The van der Waals surface area contributed by atoms with E-state index >= 15 is 0 Å². The number of nitrogens with one attached hydrogen (secondary N) is 1. The summed E-state index contributed by atoms with van der Waals surface area (Å²) in [7, 11) is 0. The molecule has 1 N–H and O–H groups in total. The summed E-state index contributed by atoms with van der Waals surface area (Å²) in [5, 5.41) is 3.06. The second-order valence-corrected chi connectivity index (χ2v) is 9.60. The molecule has 0 aliphatic heterocycles. The van der Waals surface area contributed by atoms with Crippen LogP contribution in [0.2, 0.25) is 0 Å². The maximum absolute atomic E-state index is 13.0. The van der Waals surface area contributed by atoms with Crippen molar-refractivity contribution in [2.24, 2.45) is 23.2 Å². The van der Waals surface area contributed by atoms with Crippen LogP contribution < -0.4 is 5.32 Å². The highest BCUT2D eigenvalue weighted by molar-refractivity contribution is 5.83. The molecule has 0 atom stereocenters. The van der Waals surface area contributed by atoms with Gasteiger partial charge in [0.05, 0.1) is 11.5 Å². The Morgan fingerprint density at radius 1 is 0.833 bits per heavy atom. The number of carbonyl (C=O) groups is 2. The summed E-state index contributed by atoms with van der Waals surface area (Å²) in [6.07, 6.45) is 6.71. The average Bonchev–Trinajstić information content (AvgIpc) is 2.76. The summed E-state index contributed by atoms with van der Waals surface area (Å²) in [6, 6.07) is 19.5. The molecule has 0 aromatic heterocycles. The first-order valence-electron chi connectivity index (χ1n) is 11.2.